The minimum atomic E-state index is -1.02. The topological polar surface area (TPSA) is 9.23 Å². The summed E-state index contributed by atoms with van der Waals surface area (Å²) in [4.78, 5) is 0. The Morgan fingerprint density at radius 3 is 2.14 bits per heavy atom. The van der Waals surface area contributed by atoms with Gasteiger partial charge in [0.15, 0.2) is 23.2 Å². The van der Waals surface area contributed by atoms with Gasteiger partial charge < -0.3 is 4.74 Å². The fraction of sp³-hybridized carbons (Fsp3) is 0.355. The van der Waals surface area contributed by atoms with E-state index in [-0.39, 0.29) is 29.4 Å². The molecule has 0 heterocycles. The van der Waals surface area contributed by atoms with Crippen LogP contribution in [0.5, 0.6) is 5.75 Å². The highest BCUT2D eigenvalue weighted by Crippen LogP contribution is 2.39. The van der Waals surface area contributed by atoms with Crippen molar-refractivity contribution in [1.82, 2.24) is 0 Å². The SMILES string of the molecule is CCCC1CCC(c2ccc(/C=C/c3ccc(-c4ccc(OCC)c(F)c4F)cc3)c(F)c2F)CC1. The van der Waals surface area contributed by atoms with Crippen molar-refractivity contribution in [3.8, 4) is 16.9 Å². The minimum absolute atomic E-state index is 0.0750. The van der Waals surface area contributed by atoms with E-state index in [0.29, 0.717) is 17.0 Å². The van der Waals surface area contributed by atoms with Gasteiger partial charge in [-0.25, -0.2) is 13.2 Å². The van der Waals surface area contributed by atoms with Crippen LogP contribution in [0.2, 0.25) is 0 Å². The third-order valence-electron chi connectivity index (χ3n) is 7.15. The van der Waals surface area contributed by atoms with Crippen molar-refractivity contribution in [2.75, 3.05) is 6.61 Å². The molecule has 0 aliphatic heterocycles. The molecule has 0 amide bonds. The summed E-state index contributed by atoms with van der Waals surface area (Å²) in [5, 5.41) is 0. The van der Waals surface area contributed by atoms with Gasteiger partial charge in [0.05, 0.1) is 6.61 Å². The smallest absolute Gasteiger partial charge is 0.201 e. The number of rotatable bonds is 8. The second kappa shape index (κ2) is 11.8. The third-order valence-corrected chi connectivity index (χ3v) is 7.15. The summed E-state index contributed by atoms with van der Waals surface area (Å²) in [6.45, 7) is 4.12. The van der Waals surface area contributed by atoms with E-state index in [9.17, 15) is 17.6 Å². The van der Waals surface area contributed by atoms with Crippen molar-refractivity contribution in [3.05, 3.63) is 88.5 Å². The first-order chi connectivity index (χ1) is 17.4. The minimum Gasteiger partial charge on any atom is -0.491 e. The lowest BCUT2D eigenvalue weighted by Gasteiger charge is -2.29. The fourth-order valence-corrected chi connectivity index (χ4v) is 5.18. The zero-order valence-electron chi connectivity index (χ0n) is 20.8. The Hall–Kier alpha value is -3.08. The van der Waals surface area contributed by atoms with Crippen molar-refractivity contribution in [3.63, 3.8) is 0 Å². The Morgan fingerprint density at radius 2 is 1.47 bits per heavy atom. The summed E-state index contributed by atoms with van der Waals surface area (Å²) in [5.41, 5.74) is 2.01. The van der Waals surface area contributed by atoms with Crippen LogP contribution in [0.15, 0.2) is 48.5 Å². The molecule has 1 aliphatic carbocycles. The maximum Gasteiger partial charge on any atom is 0.201 e. The first-order valence-corrected chi connectivity index (χ1v) is 12.8. The van der Waals surface area contributed by atoms with Crippen LogP contribution in [0.3, 0.4) is 0 Å². The number of hydrogen-bond donors (Lipinski definition) is 0. The van der Waals surface area contributed by atoms with Gasteiger partial charge in [-0.2, -0.15) is 4.39 Å². The predicted molar refractivity (Wildman–Crippen MR) is 138 cm³/mol. The van der Waals surface area contributed by atoms with E-state index in [1.165, 1.54) is 31.1 Å². The Kier molecular flexibility index (Phi) is 8.50. The average molecular weight is 497 g/mol. The van der Waals surface area contributed by atoms with Crippen LogP contribution in [0, 0.1) is 29.2 Å². The summed E-state index contributed by atoms with van der Waals surface area (Å²) in [6.07, 6.45) is 9.54. The second-order valence-corrected chi connectivity index (χ2v) is 9.51. The summed E-state index contributed by atoms with van der Waals surface area (Å²) >= 11 is 0. The lowest BCUT2D eigenvalue weighted by Crippen LogP contribution is -2.15. The summed E-state index contributed by atoms with van der Waals surface area (Å²) in [7, 11) is 0. The van der Waals surface area contributed by atoms with E-state index >= 15 is 0 Å². The van der Waals surface area contributed by atoms with Crippen molar-refractivity contribution >= 4 is 12.2 Å². The van der Waals surface area contributed by atoms with Gasteiger partial charge in [0.25, 0.3) is 0 Å². The molecule has 0 unspecified atom stereocenters. The average Bonchev–Trinajstić information content (AvgIpc) is 2.89. The Bertz CT molecular complexity index is 1210. The third kappa shape index (κ3) is 5.66. The Balaban J connectivity index is 1.47. The molecule has 1 fully saturated rings. The molecule has 3 aromatic carbocycles. The van der Waals surface area contributed by atoms with E-state index in [2.05, 4.69) is 6.92 Å². The highest BCUT2D eigenvalue weighted by atomic mass is 19.2. The molecule has 0 bridgehead atoms. The molecule has 3 aromatic rings. The first-order valence-electron chi connectivity index (χ1n) is 12.8. The van der Waals surface area contributed by atoms with Crippen LogP contribution in [-0.2, 0) is 0 Å². The van der Waals surface area contributed by atoms with Crippen LogP contribution < -0.4 is 4.74 Å². The molecule has 36 heavy (non-hydrogen) atoms. The van der Waals surface area contributed by atoms with Gasteiger partial charge in [-0.1, -0.05) is 68.3 Å². The highest BCUT2D eigenvalue weighted by molar-refractivity contribution is 5.73. The quantitative estimate of drug-likeness (QED) is 0.223. The largest absolute Gasteiger partial charge is 0.491 e. The lowest BCUT2D eigenvalue weighted by atomic mass is 9.77. The zero-order chi connectivity index (χ0) is 25.7. The number of halogens is 4. The Labute approximate surface area is 210 Å². The van der Waals surface area contributed by atoms with E-state index in [4.69, 9.17) is 4.74 Å². The van der Waals surface area contributed by atoms with E-state index in [1.807, 2.05) is 0 Å². The first kappa shape index (κ1) is 26.0. The maximum absolute atomic E-state index is 14.9. The van der Waals surface area contributed by atoms with Crippen LogP contribution in [0.4, 0.5) is 17.6 Å². The highest BCUT2D eigenvalue weighted by Gasteiger charge is 2.25. The maximum atomic E-state index is 14.9. The van der Waals surface area contributed by atoms with Crippen LogP contribution >= 0.6 is 0 Å². The van der Waals surface area contributed by atoms with Gasteiger partial charge in [-0.15, -0.1) is 0 Å². The summed E-state index contributed by atoms with van der Waals surface area (Å²) in [6, 6.07) is 13.0. The van der Waals surface area contributed by atoms with Crippen LogP contribution in [-0.4, -0.2) is 6.61 Å². The predicted octanol–water partition coefficient (Wildman–Crippen LogP) is 9.55. The molecular formula is C31H32F4O. The van der Waals surface area contributed by atoms with E-state index in [1.54, 1.807) is 49.4 Å². The molecule has 4 rings (SSSR count). The molecule has 0 spiro atoms. The number of hydrogen-bond acceptors (Lipinski definition) is 1. The second-order valence-electron chi connectivity index (χ2n) is 9.51. The fourth-order valence-electron chi connectivity index (χ4n) is 5.18. The van der Waals surface area contributed by atoms with Crippen LogP contribution in [0.25, 0.3) is 23.3 Å². The van der Waals surface area contributed by atoms with Gasteiger partial charge in [0.2, 0.25) is 5.82 Å². The van der Waals surface area contributed by atoms with Crippen molar-refractivity contribution < 1.29 is 22.3 Å². The molecule has 190 valence electrons. The number of benzene rings is 3. The van der Waals surface area contributed by atoms with Crippen molar-refractivity contribution in [2.45, 2.75) is 58.3 Å². The molecule has 1 saturated carbocycles. The van der Waals surface area contributed by atoms with Crippen molar-refractivity contribution in [1.29, 1.82) is 0 Å². The van der Waals surface area contributed by atoms with Crippen molar-refractivity contribution in [2.24, 2.45) is 5.92 Å². The summed E-state index contributed by atoms with van der Waals surface area (Å²) < 4.78 is 63.6. The number of ether oxygens (including phenoxy) is 1. The standard InChI is InChI=1S/C31H32F4O/c1-3-5-20-6-11-22(12-7-20)25-17-16-24(28(32)29(25)33)15-10-21-8-13-23(14-9-21)26-18-19-27(36-4-2)31(35)30(26)34/h8-10,13-20,22H,3-7,11-12H2,1-2H3/b15-10+. The lowest BCUT2D eigenvalue weighted by molar-refractivity contribution is 0.303. The molecule has 1 aliphatic rings. The van der Waals surface area contributed by atoms with Crippen LogP contribution in [0.1, 0.15) is 75.0 Å². The molecule has 0 aromatic heterocycles. The molecule has 5 heteroatoms. The molecule has 1 nitrogen and oxygen atoms in total. The molecule has 0 N–H and O–H groups in total. The summed E-state index contributed by atoms with van der Waals surface area (Å²) in [5.74, 6) is -2.91. The van der Waals surface area contributed by atoms with E-state index in [0.717, 1.165) is 31.2 Å². The van der Waals surface area contributed by atoms with Gasteiger partial charge >= 0.3 is 0 Å². The zero-order valence-corrected chi connectivity index (χ0v) is 20.8. The molecule has 0 saturated heterocycles. The van der Waals surface area contributed by atoms with Gasteiger partial charge in [-0.3, -0.25) is 0 Å². The Morgan fingerprint density at radius 1 is 0.750 bits per heavy atom. The molecule has 0 atom stereocenters. The normalized spacial score (nSPS) is 18.1. The van der Waals surface area contributed by atoms with Gasteiger partial charge in [0.1, 0.15) is 0 Å². The van der Waals surface area contributed by atoms with Gasteiger partial charge in [-0.05, 0) is 73.3 Å². The van der Waals surface area contributed by atoms with Gasteiger partial charge in [0, 0.05) is 11.1 Å². The molecule has 0 radical (unpaired) electrons. The monoisotopic (exact) mass is 496 g/mol. The van der Waals surface area contributed by atoms with E-state index < -0.39 is 23.3 Å². The molecular weight excluding hydrogens is 464 g/mol.